The van der Waals surface area contributed by atoms with Crippen LogP contribution in [0.2, 0.25) is 0 Å². The normalized spacial score (nSPS) is 11.6. The first-order chi connectivity index (χ1) is 14.2. The third kappa shape index (κ3) is 4.91. The number of rotatable bonds is 6. The Labute approximate surface area is 177 Å². The summed E-state index contributed by atoms with van der Waals surface area (Å²) in [7, 11) is 0. The molecule has 1 N–H and O–H groups in total. The van der Waals surface area contributed by atoms with Crippen molar-refractivity contribution in [1.82, 2.24) is 10.4 Å². The van der Waals surface area contributed by atoms with E-state index in [0.29, 0.717) is 5.56 Å². The number of fused-ring (bicyclic) bond motifs is 1. The van der Waals surface area contributed by atoms with Crippen molar-refractivity contribution in [2.24, 2.45) is 5.10 Å². The van der Waals surface area contributed by atoms with Gasteiger partial charge in [-0.1, -0.05) is 66.4 Å². The highest BCUT2D eigenvalue weighted by molar-refractivity contribution is 8.00. The molecule has 4 aromatic rings. The Morgan fingerprint density at radius 3 is 2.45 bits per heavy atom. The Balaban J connectivity index is 1.35. The zero-order chi connectivity index (χ0) is 20.1. The molecule has 1 heterocycles. The summed E-state index contributed by atoms with van der Waals surface area (Å²) < 4.78 is 2.26. The van der Waals surface area contributed by atoms with Crippen molar-refractivity contribution in [3.05, 3.63) is 95.6 Å². The van der Waals surface area contributed by atoms with Gasteiger partial charge in [0, 0.05) is 11.3 Å². The highest BCUT2D eigenvalue weighted by Crippen LogP contribution is 2.31. The summed E-state index contributed by atoms with van der Waals surface area (Å²) in [4.78, 5) is 17.0. The second-order valence-corrected chi connectivity index (χ2v) is 8.69. The van der Waals surface area contributed by atoms with Gasteiger partial charge in [-0.25, -0.2) is 10.4 Å². The van der Waals surface area contributed by atoms with E-state index in [1.165, 1.54) is 4.70 Å². The van der Waals surface area contributed by atoms with Crippen LogP contribution in [-0.4, -0.2) is 16.6 Å². The first kappa shape index (κ1) is 19.4. The highest BCUT2D eigenvalue weighted by atomic mass is 32.2. The summed E-state index contributed by atoms with van der Waals surface area (Å²) in [6, 6.07) is 25.5. The molecule has 0 fully saturated rings. The number of amides is 1. The highest BCUT2D eigenvalue weighted by Gasteiger charge is 2.07. The maximum absolute atomic E-state index is 12.3. The quantitative estimate of drug-likeness (QED) is 0.247. The second-order valence-electron chi connectivity index (χ2n) is 6.44. The molecule has 0 radical (unpaired) electrons. The predicted molar refractivity (Wildman–Crippen MR) is 122 cm³/mol. The van der Waals surface area contributed by atoms with E-state index >= 15 is 0 Å². The number of thioether (sulfide) groups is 1. The van der Waals surface area contributed by atoms with Crippen molar-refractivity contribution in [3.8, 4) is 0 Å². The van der Waals surface area contributed by atoms with Gasteiger partial charge in [0.25, 0.3) is 5.91 Å². The van der Waals surface area contributed by atoms with Crippen LogP contribution >= 0.6 is 23.1 Å². The van der Waals surface area contributed by atoms with Crippen LogP contribution in [0, 0.1) is 0 Å². The molecule has 0 aliphatic rings. The minimum atomic E-state index is -0.217. The number of thiazole rings is 1. The van der Waals surface area contributed by atoms with Gasteiger partial charge in [-0.05, 0) is 42.3 Å². The number of para-hydroxylation sites is 1. The lowest BCUT2D eigenvalue weighted by atomic mass is 10.1. The third-order valence-corrected chi connectivity index (χ3v) is 6.62. The zero-order valence-corrected chi connectivity index (χ0v) is 17.5. The number of aromatic nitrogens is 1. The van der Waals surface area contributed by atoms with E-state index in [-0.39, 0.29) is 5.91 Å². The van der Waals surface area contributed by atoms with Gasteiger partial charge in [0.05, 0.1) is 15.9 Å². The van der Waals surface area contributed by atoms with Crippen LogP contribution in [0.5, 0.6) is 0 Å². The van der Waals surface area contributed by atoms with Crippen molar-refractivity contribution < 1.29 is 4.79 Å². The number of hydrogen-bond acceptors (Lipinski definition) is 5. The Morgan fingerprint density at radius 1 is 0.966 bits per heavy atom. The Morgan fingerprint density at radius 2 is 1.69 bits per heavy atom. The van der Waals surface area contributed by atoms with E-state index in [1.807, 2.05) is 79.7 Å². The van der Waals surface area contributed by atoms with E-state index < -0.39 is 0 Å². The molecule has 144 valence electrons. The molecule has 4 rings (SSSR count). The summed E-state index contributed by atoms with van der Waals surface area (Å²) in [5, 5.41) is 4.20. The van der Waals surface area contributed by atoms with Crippen LogP contribution in [0.1, 0.15) is 28.4 Å². The van der Waals surface area contributed by atoms with E-state index in [2.05, 4.69) is 21.6 Å². The summed E-state index contributed by atoms with van der Waals surface area (Å²) in [5.74, 6) is 0.596. The first-order valence-electron chi connectivity index (χ1n) is 9.16. The molecule has 3 aromatic carbocycles. The van der Waals surface area contributed by atoms with Crippen LogP contribution in [0.25, 0.3) is 10.2 Å². The van der Waals surface area contributed by atoms with Crippen molar-refractivity contribution >= 4 is 44.9 Å². The van der Waals surface area contributed by atoms with Gasteiger partial charge < -0.3 is 0 Å². The molecule has 1 aromatic heterocycles. The molecule has 0 atom stereocenters. The number of benzene rings is 3. The lowest BCUT2D eigenvalue weighted by molar-refractivity contribution is 0.0955. The average Bonchev–Trinajstić information content (AvgIpc) is 3.20. The van der Waals surface area contributed by atoms with Crippen molar-refractivity contribution in [2.75, 3.05) is 0 Å². The Kier molecular flexibility index (Phi) is 6.03. The van der Waals surface area contributed by atoms with Gasteiger partial charge in [-0.2, -0.15) is 5.10 Å². The molecule has 4 nitrogen and oxygen atoms in total. The molecule has 0 spiro atoms. The van der Waals surface area contributed by atoms with Gasteiger partial charge in [-0.15, -0.1) is 11.3 Å². The third-order valence-electron chi connectivity index (χ3n) is 4.37. The van der Waals surface area contributed by atoms with Crippen LogP contribution in [0.15, 0.2) is 88.3 Å². The van der Waals surface area contributed by atoms with E-state index in [0.717, 1.165) is 32.4 Å². The van der Waals surface area contributed by atoms with Gasteiger partial charge in [0.1, 0.15) is 0 Å². The monoisotopic (exact) mass is 417 g/mol. The number of nitrogens with one attached hydrogen (secondary N) is 1. The fourth-order valence-corrected chi connectivity index (χ4v) is 4.78. The Bertz CT molecular complexity index is 1120. The zero-order valence-electron chi connectivity index (χ0n) is 15.8. The summed E-state index contributed by atoms with van der Waals surface area (Å²) in [5.41, 5.74) is 7.15. The Hall–Kier alpha value is -2.96. The molecular formula is C23H19N3OS2. The molecular weight excluding hydrogens is 398 g/mol. The summed E-state index contributed by atoms with van der Waals surface area (Å²) in [6.07, 6.45) is 0. The maximum atomic E-state index is 12.3. The van der Waals surface area contributed by atoms with Crippen molar-refractivity contribution in [2.45, 2.75) is 17.0 Å². The molecule has 0 aliphatic carbocycles. The van der Waals surface area contributed by atoms with Crippen LogP contribution in [0.3, 0.4) is 0 Å². The summed E-state index contributed by atoms with van der Waals surface area (Å²) >= 11 is 3.42. The fourth-order valence-electron chi connectivity index (χ4n) is 2.75. The fraction of sp³-hybridized carbons (Fsp3) is 0.0870. The van der Waals surface area contributed by atoms with Gasteiger partial charge in [0.15, 0.2) is 4.34 Å². The van der Waals surface area contributed by atoms with Crippen LogP contribution in [-0.2, 0) is 5.75 Å². The van der Waals surface area contributed by atoms with Crippen molar-refractivity contribution in [3.63, 3.8) is 0 Å². The largest absolute Gasteiger partial charge is 0.271 e. The molecule has 1 amide bonds. The predicted octanol–water partition coefficient (Wildman–Crippen LogP) is 5.74. The minimum absolute atomic E-state index is 0.217. The standard InChI is InChI=1S/C23H19N3OS2/c1-16(18-7-3-2-4-8-18)25-26-22(27)19-13-11-17(12-14-19)15-28-23-24-20-9-5-6-10-21(20)29-23/h2-14H,15H2,1H3,(H,26,27). The van der Waals surface area contributed by atoms with Crippen molar-refractivity contribution in [1.29, 1.82) is 0 Å². The molecule has 0 bridgehead atoms. The minimum Gasteiger partial charge on any atom is -0.267 e. The molecule has 0 saturated carbocycles. The first-order valence-corrected chi connectivity index (χ1v) is 11.0. The number of hydrogen-bond donors (Lipinski definition) is 1. The topological polar surface area (TPSA) is 54.4 Å². The lowest BCUT2D eigenvalue weighted by Crippen LogP contribution is -2.19. The molecule has 0 unspecified atom stereocenters. The maximum Gasteiger partial charge on any atom is 0.271 e. The van der Waals surface area contributed by atoms with Gasteiger partial charge >= 0.3 is 0 Å². The SMILES string of the molecule is CC(=NNC(=O)c1ccc(CSc2nc3ccccc3s2)cc1)c1ccccc1. The summed E-state index contributed by atoms with van der Waals surface area (Å²) in [6.45, 7) is 1.87. The van der Waals surface area contributed by atoms with Crippen LogP contribution in [0.4, 0.5) is 0 Å². The smallest absolute Gasteiger partial charge is 0.267 e. The molecule has 6 heteroatoms. The number of hydrazone groups is 1. The molecule has 0 aliphatic heterocycles. The van der Waals surface area contributed by atoms with E-state index in [4.69, 9.17) is 0 Å². The molecule has 0 saturated heterocycles. The van der Waals surface area contributed by atoms with E-state index in [9.17, 15) is 4.79 Å². The molecule has 29 heavy (non-hydrogen) atoms. The second kappa shape index (κ2) is 9.03. The number of carbonyl (C=O) groups excluding carboxylic acids is 1. The van der Waals surface area contributed by atoms with Gasteiger partial charge in [-0.3, -0.25) is 4.79 Å². The van der Waals surface area contributed by atoms with E-state index in [1.54, 1.807) is 23.1 Å². The lowest BCUT2D eigenvalue weighted by Gasteiger charge is -2.04. The number of carbonyl (C=O) groups is 1. The van der Waals surface area contributed by atoms with Gasteiger partial charge in [0.2, 0.25) is 0 Å². The van der Waals surface area contributed by atoms with Crippen LogP contribution < -0.4 is 5.43 Å². The average molecular weight is 418 g/mol. The number of nitrogens with zero attached hydrogens (tertiary/aromatic N) is 2.